The van der Waals surface area contributed by atoms with Crippen LogP contribution in [-0.2, 0) is 9.53 Å². The molecule has 1 atom stereocenters. The highest BCUT2D eigenvalue weighted by Crippen LogP contribution is 2.14. The maximum absolute atomic E-state index is 12.0. The van der Waals surface area contributed by atoms with Crippen molar-refractivity contribution in [2.45, 2.75) is 32.2 Å². The van der Waals surface area contributed by atoms with E-state index in [4.69, 9.17) is 9.47 Å². The van der Waals surface area contributed by atoms with E-state index in [1.807, 2.05) is 0 Å². The average molecular weight is 277 g/mol. The Labute approximate surface area is 118 Å². The fourth-order valence-corrected chi connectivity index (χ4v) is 1.91. The van der Waals surface area contributed by atoms with Crippen LogP contribution in [0.25, 0.3) is 0 Å². The predicted octanol–water partition coefficient (Wildman–Crippen LogP) is 1.91. The van der Waals surface area contributed by atoms with Crippen molar-refractivity contribution in [1.29, 1.82) is 0 Å². The molecule has 0 aliphatic carbocycles. The lowest BCUT2D eigenvalue weighted by Gasteiger charge is -2.09. The second-order valence-corrected chi connectivity index (χ2v) is 4.71. The minimum Gasteiger partial charge on any atom is -0.494 e. The third-order valence-electron chi connectivity index (χ3n) is 3.12. The van der Waals surface area contributed by atoms with Crippen LogP contribution in [0.15, 0.2) is 24.3 Å². The smallest absolute Gasteiger partial charge is 0.328 e. The summed E-state index contributed by atoms with van der Waals surface area (Å²) in [5.41, 5.74) is 0.507. The van der Waals surface area contributed by atoms with Crippen molar-refractivity contribution in [3.05, 3.63) is 29.8 Å². The molecule has 1 fully saturated rings. The van der Waals surface area contributed by atoms with Gasteiger partial charge in [-0.2, -0.15) is 0 Å². The molecule has 5 nitrogen and oxygen atoms in total. The zero-order valence-electron chi connectivity index (χ0n) is 11.6. The Kier molecular flexibility index (Phi) is 4.98. The quantitative estimate of drug-likeness (QED) is 0.637. The summed E-state index contributed by atoms with van der Waals surface area (Å²) >= 11 is 0. The zero-order chi connectivity index (χ0) is 14.4. The number of ether oxygens (including phenoxy) is 2. The van der Waals surface area contributed by atoms with Crippen LogP contribution in [0.3, 0.4) is 0 Å². The van der Waals surface area contributed by atoms with Crippen molar-refractivity contribution in [3.8, 4) is 5.75 Å². The van der Waals surface area contributed by atoms with Gasteiger partial charge in [0.1, 0.15) is 11.8 Å². The van der Waals surface area contributed by atoms with Crippen LogP contribution in [0.1, 0.15) is 36.5 Å². The van der Waals surface area contributed by atoms with E-state index < -0.39 is 6.04 Å². The molecule has 20 heavy (non-hydrogen) atoms. The number of esters is 1. The first-order valence-electron chi connectivity index (χ1n) is 6.91. The van der Waals surface area contributed by atoms with Crippen molar-refractivity contribution in [1.82, 2.24) is 5.32 Å². The number of hydrogen-bond donors (Lipinski definition) is 1. The SMILES string of the molecule is CCCCOc1ccc(C(=O)N[C@H]2CCOC2=O)cc1. The van der Waals surface area contributed by atoms with Crippen LogP contribution in [-0.4, -0.2) is 31.1 Å². The maximum atomic E-state index is 12.0. The Morgan fingerprint density at radius 3 is 2.75 bits per heavy atom. The number of amides is 1. The number of rotatable bonds is 6. The minimum absolute atomic E-state index is 0.269. The molecule has 0 bridgehead atoms. The third kappa shape index (κ3) is 3.73. The van der Waals surface area contributed by atoms with E-state index in [2.05, 4.69) is 12.2 Å². The van der Waals surface area contributed by atoms with Gasteiger partial charge in [0.25, 0.3) is 5.91 Å². The molecule has 1 aliphatic heterocycles. The summed E-state index contributed by atoms with van der Waals surface area (Å²) < 4.78 is 10.3. The molecule has 0 aromatic heterocycles. The molecule has 1 amide bonds. The minimum atomic E-state index is -0.525. The first-order chi connectivity index (χ1) is 9.70. The first-order valence-corrected chi connectivity index (χ1v) is 6.91. The van der Waals surface area contributed by atoms with Crippen molar-refractivity contribution in [3.63, 3.8) is 0 Å². The van der Waals surface area contributed by atoms with Crippen LogP contribution in [0.4, 0.5) is 0 Å². The number of carbonyl (C=O) groups is 2. The van der Waals surface area contributed by atoms with E-state index in [-0.39, 0.29) is 11.9 Å². The summed E-state index contributed by atoms with van der Waals surface area (Å²) in [6, 6.07) is 6.38. The van der Waals surface area contributed by atoms with Gasteiger partial charge in [0.2, 0.25) is 0 Å². The average Bonchev–Trinajstić information content (AvgIpc) is 2.85. The van der Waals surface area contributed by atoms with Gasteiger partial charge < -0.3 is 14.8 Å². The zero-order valence-corrected chi connectivity index (χ0v) is 11.6. The van der Waals surface area contributed by atoms with Crippen LogP contribution >= 0.6 is 0 Å². The van der Waals surface area contributed by atoms with Gasteiger partial charge in [0.15, 0.2) is 0 Å². The summed E-state index contributed by atoms with van der Waals surface area (Å²) in [7, 11) is 0. The van der Waals surface area contributed by atoms with Crippen LogP contribution < -0.4 is 10.1 Å². The Morgan fingerprint density at radius 2 is 2.15 bits per heavy atom. The van der Waals surface area contributed by atoms with Crippen molar-refractivity contribution >= 4 is 11.9 Å². The normalized spacial score (nSPS) is 17.6. The van der Waals surface area contributed by atoms with Crippen molar-refractivity contribution < 1.29 is 19.1 Å². The Balaban J connectivity index is 1.88. The molecule has 108 valence electrons. The van der Waals surface area contributed by atoms with Gasteiger partial charge in [-0.3, -0.25) is 4.79 Å². The fourth-order valence-electron chi connectivity index (χ4n) is 1.91. The van der Waals surface area contributed by atoms with Gasteiger partial charge in [0.05, 0.1) is 13.2 Å². The largest absolute Gasteiger partial charge is 0.494 e. The van der Waals surface area contributed by atoms with Crippen molar-refractivity contribution in [2.24, 2.45) is 0 Å². The lowest BCUT2D eigenvalue weighted by Crippen LogP contribution is -2.37. The van der Waals surface area contributed by atoms with E-state index >= 15 is 0 Å². The molecule has 1 aromatic carbocycles. The number of carbonyl (C=O) groups excluding carboxylic acids is 2. The Morgan fingerprint density at radius 1 is 1.40 bits per heavy atom. The van der Waals surface area contributed by atoms with Gasteiger partial charge in [-0.15, -0.1) is 0 Å². The molecule has 1 N–H and O–H groups in total. The number of benzene rings is 1. The highest BCUT2D eigenvalue weighted by molar-refractivity contribution is 5.97. The van der Waals surface area contributed by atoms with Crippen LogP contribution in [0, 0.1) is 0 Å². The Bertz CT molecular complexity index is 469. The molecule has 0 spiro atoms. The Hall–Kier alpha value is -2.04. The van der Waals surface area contributed by atoms with E-state index in [0.717, 1.165) is 18.6 Å². The van der Waals surface area contributed by atoms with Gasteiger partial charge in [-0.05, 0) is 30.7 Å². The van der Waals surface area contributed by atoms with Gasteiger partial charge in [-0.25, -0.2) is 4.79 Å². The van der Waals surface area contributed by atoms with Gasteiger partial charge in [-0.1, -0.05) is 13.3 Å². The van der Waals surface area contributed by atoms with Crippen LogP contribution in [0.5, 0.6) is 5.75 Å². The summed E-state index contributed by atoms with van der Waals surface area (Å²) in [4.78, 5) is 23.2. The van der Waals surface area contributed by atoms with Crippen molar-refractivity contribution in [2.75, 3.05) is 13.2 Å². The molecule has 1 aromatic rings. The van der Waals surface area contributed by atoms with E-state index in [1.165, 1.54) is 0 Å². The molecule has 1 heterocycles. The van der Waals surface area contributed by atoms with E-state index in [1.54, 1.807) is 24.3 Å². The molecule has 0 radical (unpaired) electrons. The second-order valence-electron chi connectivity index (χ2n) is 4.71. The lowest BCUT2D eigenvalue weighted by atomic mass is 10.1. The number of nitrogens with one attached hydrogen (secondary N) is 1. The third-order valence-corrected chi connectivity index (χ3v) is 3.12. The van der Waals surface area contributed by atoms with E-state index in [9.17, 15) is 9.59 Å². The first kappa shape index (κ1) is 14.4. The molecule has 0 unspecified atom stereocenters. The molecule has 2 rings (SSSR count). The second kappa shape index (κ2) is 6.93. The van der Waals surface area contributed by atoms with Gasteiger partial charge in [0, 0.05) is 12.0 Å². The fraction of sp³-hybridized carbons (Fsp3) is 0.467. The summed E-state index contributed by atoms with van der Waals surface area (Å²) in [6.07, 6.45) is 2.62. The summed E-state index contributed by atoms with van der Waals surface area (Å²) in [6.45, 7) is 3.15. The lowest BCUT2D eigenvalue weighted by molar-refractivity contribution is -0.139. The summed E-state index contributed by atoms with van der Waals surface area (Å²) in [5, 5.41) is 2.66. The number of hydrogen-bond acceptors (Lipinski definition) is 4. The molecular weight excluding hydrogens is 258 g/mol. The van der Waals surface area contributed by atoms with Gasteiger partial charge >= 0.3 is 5.97 Å². The molecular formula is C15H19NO4. The monoisotopic (exact) mass is 277 g/mol. The molecule has 0 saturated carbocycles. The topological polar surface area (TPSA) is 64.6 Å². The standard InChI is InChI=1S/C15H19NO4/c1-2-3-9-19-12-6-4-11(5-7-12)14(17)16-13-8-10-20-15(13)18/h4-7,13H,2-3,8-10H2,1H3,(H,16,17)/t13-/m0/s1. The molecule has 1 aliphatic rings. The number of cyclic esters (lactones) is 1. The summed E-state index contributed by atoms with van der Waals surface area (Å²) in [5.74, 6) is 0.113. The predicted molar refractivity (Wildman–Crippen MR) is 73.7 cm³/mol. The van der Waals surface area contributed by atoms with E-state index in [0.29, 0.717) is 25.2 Å². The molecule has 5 heteroatoms. The maximum Gasteiger partial charge on any atom is 0.328 e. The highest BCUT2D eigenvalue weighted by Gasteiger charge is 2.28. The highest BCUT2D eigenvalue weighted by atomic mass is 16.5. The number of unbranched alkanes of at least 4 members (excludes halogenated alkanes) is 1. The molecule has 1 saturated heterocycles. The van der Waals surface area contributed by atoms with Crippen LogP contribution in [0.2, 0.25) is 0 Å².